The molecule has 19 heavy (non-hydrogen) atoms. The van der Waals surface area contributed by atoms with Gasteiger partial charge in [0.25, 0.3) is 0 Å². The Hall–Kier alpha value is -1.71. The molecule has 0 aromatic heterocycles. The first-order chi connectivity index (χ1) is 9.08. The molecule has 3 nitrogen and oxygen atoms in total. The second-order valence-corrected chi connectivity index (χ2v) is 5.62. The molecule has 2 amide bonds. The summed E-state index contributed by atoms with van der Waals surface area (Å²) in [6.45, 7) is 2.12. The maximum atomic E-state index is 12.9. The fraction of sp³-hybridized carbons (Fsp3) is 0.467. The highest BCUT2D eigenvalue weighted by Gasteiger charge is 2.49. The maximum absolute atomic E-state index is 12.9. The lowest BCUT2D eigenvalue weighted by atomic mass is 9.76. The molecule has 0 N–H and O–H groups in total. The van der Waals surface area contributed by atoms with Crippen molar-refractivity contribution in [3.05, 3.63) is 30.1 Å². The summed E-state index contributed by atoms with van der Waals surface area (Å²) in [6, 6.07) is 5.54. The molecule has 1 heterocycles. The molecule has 1 saturated carbocycles. The van der Waals surface area contributed by atoms with Gasteiger partial charge in [-0.05, 0) is 49.4 Å². The summed E-state index contributed by atoms with van der Waals surface area (Å²) in [5.41, 5.74) is 0.485. The first kappa shape index (κ1) is 12.3. The zero-order chi connectivity index (χ0) is 13.6. The topological polar surface area (TPSA) is 37.4 Å². The van der Waals surface area contributed by atoms with Gasteiger partial charge in [0.1, 0.15) is 5.82 Å². The Balaban J connectivity index is 1.93. The normalized spacial score (nSPS) is 30.6. The number of amides is 2. The largest absolute Gasteiger partial charge is 0.274 e. The van der Waals surface area contributed by atoms with E-state index in [9.17, 15) is 14.0 Å². The Kier molecular flexibility index (Phi) is 2.88. The molecule has 1 aromatic rings. The van der Waals surface area contributed by atoms with Crippen molar-refractivity contribution in [3.63, 3.8) is 0 Å². The third kappa shape index (κ3) is 1.95. The van der Waals surface area contributed by atoms with Crippen LogP contribution in [0.3, 0.4) is 0 Å². The number of nitrogens with zero attached hydrogens (tertiary/aromatic N) is 1. The van der Waals surface area contributed by atoms with E-state index in [0.29, 0.717) is 11.6 Å². The number of rotatable bonds is 1. The first-order valence-corrected chi connectivity index (χ1v) is 6.71. The van der Waals surface area contributed by atoms with Crippen LogP contribution in [0, 0.1) is 23.6 Å². The molecule has 2 aliphatic rings. The van der Waals surface area contributed by atoms with Crippen LogP contribution in [0.25, 0.3) is 0 Å². The SMILES string of the molecule is C[C@@H]1CC[C@@H]2C(=O)N(c3ccc(F)cc3)C(=O)[C@@H]2C1. The standard InChI is InChI=1S/C15H16FNO2/c1-9-2-7-12-13(8-9)15(19)17(14(12)18)11-5-3-10(16)4-6-11/h3-6,9,12-13H,2,7-8H2,1H3/t9-,12+,13-/m1/s1. The summed E-state index contributed by atoms with van der Waals surface area (Å²) in [7, 11) is 0. The van der Waals surface area contributed by atoms with Crippen LogP contribution < -0.4 is 4.90 Å². The zero-order valence-electron chi connectivity index (χ0n) is 10.8. The Morgan fingerprint density at radius 3 is 2.37 bits per heavy atom. The van der Waals surface area contributed by atoms with E-state index >= 15 is 0 Å². The maximum Gasteiger partial charge on any atom is 0.237 e. The monoisotopic (exact) mass is 261 g/mol. The van der Waals surface area contributed by atoms with E-state index in [1.807, 2.05) is 0 Å². The number of benzene rings is 1. The van der Waals surface area contributed by atoms with Crippen LogP contribution in [0.4, 0.5) is 10.1 Å². The van der Waals surface area contributed by atoms with E-state index in [4.69, 9.17) is 0 Å². The second kappa shape index (κ2) is 4.44. The summed E-state index contributed by atoms with van der Waals surface area (Å²) < 4.78 is 12.9. The molecule has 0 unspecified atom stereocenters. The van der Waals surface area contributed by atoms with Gasteiger partial charge in [-0.3, -0.25) is 14.5 Å². The van der Waals surface area contributed by atoms with Crippen molar-refractivity contribution < 1.29 is 14.0 Å². The highest BCUT2D eigenvalue weighted by atomic mass is 19.1. The zero-order valence-corrected chi connectivity index (χ0v) is 10.8. The smallest absolute Gasteiger partial charge is 0.237 e. The molecule has 1 saturated heterocycles. The summed E-state index contributed by atoms with van der Waals surface area (Å²) >= 11 is 0. The van der Waals surface area contributed by atoms with Crippen LogP contribution in [0.5, 0.6) is 0 Å². The molecule has 3 atom stereocenters. The number of imide groups is 1. The minimum Gasteiger partial charge on any atom is -0.274 e. The number of hydrogen-bond donors (Lipinski definition) is 0. The van der Waals surface area contributed by atoms with Gasteiger partial charge in [-0.25, -0.2) is 4.39 Å². The number of carbonyl (C=O) groups excluding carboxylic acids is 2. The molecule has 0 bridgehead atoms. The van der Waals surface area contributed by atoms with Gasteiger partial charge in [-0.1, -0.05) is 6.92 Å². The number of hydrogen-bond acceptors (Lipinski definition) is 2. The van der Waals surface area contributed by atoms with Crippen LogP contribution in [0.1, 0.15) is 26.2 Å². The Bertz CT molecular complexity index is 525. The van der Waals surface area contributed by atoms with Gasteiger partial charge < -0.3 is 0 Å². The lowest BCUT2D eigenvalue weighted by Crippen LogP contribution is -2.30. The van der Waals surface area contributed by atoms with E-state index in [1.165, 1.54) is 29.2 Å². The quantitative estimate of drug-likeness (QED) is 0.729. The van der Waals surface area contributed by atoms with Gasteiger partial charge in [0.2, 0.25) is 11.8 Å². The summed E-state index contributed by atoms with van der Waals surface area (Å²) in [4.78, 5) is 26.0. The van der Waals surface area contributed by atoms with Gasteiger partial charge in [0.05, 0.1) is 17.5 Å². The highest BCUT2D eigenvalue weighted by Crippen LogP contribution is 2.42. The van der Waals surface area contributed by atoms with Crippen molar-refractivity contribution in [1.29, 1.82) is 0 Å². The second-order valence-electron chi connectivity index (χ2n) is 5.62. The van der Waals surface area contributed by atoms with Gasteiger partial charge in [-0.2, -0.15) is 0 Å². The highest BCUT2D eigenvalue weighted by molar-refractivity contribution is 6.22. The number of anilines is 1. The minimum absolute atomic E-state index is 0.117. The predicted molar refractivity (Wildman–Crippen MR) is 68.9 cm³/mol. The number of carbonyl (C=O) groups is 2. The molecule has 2 fully saturated rings. The average molecular weight is 261 g/mol. The van der Waals surface area contributed by atoms with E-state index < -0.39 is 0 Å². The molecule has 4 heteroatoms. The molecule has 0 spiro atoms. The molecule has 3 rings (SSSR count). The van der Waals surface area contributed by atoms with Crippen molar-refractivity contribution >= 4 is 17.5 Å². The summed E-state index contributed by atoms with van der Waals surface area (Å²) in [5, 5.41) is 0. The van der Waals surface area contributed by atoms with Crippen LogP contribution in [-0.4, -0.2) is 11.8 Å². The molecular formula is C15H16FNO2. The molecule has 1 aliphatic heterocycles. The Morgan fingerprint density at radius 2 is 1.68 bits per heavy atom. The third-order valence-corrected chi connectivity index (χ3v) is 4.27. The molecule has 0 radical (unpaired) electrons. The van der Waals surface area contributed by atoms with E-state index in [2.05, 4.69) is 6.92 Å². The van der Waals surface area contributed by atoms with E-state index in [-0.39, 0.29) is 29.5 Å². The lowest BCUT2D eigenvalue weighted by Gasteiger charge is -2.25. The average Bonchev–Trinajstić information content (AvgIpc) is 2.63. The van der Waals surface area contributed by atoms with Crippen LogP contribution in [-0.2, 0) is 9.59 Å². The van der Waals surface area contributed by atoms with E-state index in [0.717, 1.165) is 19.3 Å². The van der Waals surface area contributed by atoms with Crippen molar-refractivity contribution in [2.24, 2.45) is 17.8 Å². The van der Waals surface area contributed by atoms with Crippen LogP contribution in [0.2, 0.25) is 0 Å². The van der Waals surface area contributed by atoms with Gasteiger partial charge in [-0.15, -0.1) is 0 Å². The minimum atomic E-state index is -0.367. The summed E-state index contributed by atoms with van der Waals surface area (Å²) in [6.07, 6.45) is 2.57. The van der Waals surface area contributed by atoms with Gasteiger partial charge in [0, 0.05) is 0 Å². The van der Waals surface area contributed by atoms with Gasteiger partial charge in [0.15, 0.2) is 0 Å². The number of halogens is 1. The Labute approximate surface area is 111 Å². The van der Waals surface area contributed by atoms with Crippen molar-refractivity contribution in [1.82, 2.24) is 0 Å². The lowest BCUT2D eigenvalue weighted by molar-refractivity contribution is -0.122. The first-order valence-electron chi connectivity index (χ1n) is 6.71. The third-order valence-electron chi connectivity index (χ3n) is 4.27. The Morgan fingerprint density at radius 1 is 1.05 bits per heavy atom. The predicted octanol–water partition coefficient (Wildman–Crippen LogP) is 2.75. The number of fused-ring (bicyclic) bond motifs is 1. The molecular weight excluding hydrogens is 245 g/mol. The van der Waals surface area contributed by atoms with Crippen molar-refractivity contribution in [3.8, 4) is 0 Å². The molecule has 100 valence electrons. The molecule has 1 aliphatic carbocycles. The fourth-order valence-electron chi connectivity index (χ4n) is 3.23. The van der Waals surface area contributed by atoms with E-state index in [1.54, 1.807) is 0 Å². The van der Waals surface area contributed by atoms with Crippen molar-refractivity contribution in [2.45, 2.75) is 26.2 Å². The van der Waals surface area contributed by atoms with Crippen LogP contribution in [0.15, 0.2) is 24.3 Å². The fourth-order valence-corrected chi connectivity index (χ4v) is 3.23. The van der Waals surface area contributed by atoms with Crippen molar-refractivity contribution in [2.75, 3.05) is 4.90 Å². The van der Waals surface area contributed by atoms with Gasteiger partial charge >= 0.3 is 0 Å². The van der Waals surface area contributed by atoms with Crippen LogP contribution >= 0.6 is 0 Å². The summed E-state index contributed by atoms with van der Waals surface area (Å²) in [5.74, 6) is -0.461. The molecule has 1 aromatic carbocycles.